The Morgan fingerprint density at radius 1 is 1.17 bits per heavy atom. The number of unbranched alkanes of at least 4 members (excludes halogenated alkanes) is 1. The maximum atomic E-state index is 11.0. The molecule has 0 radical (unpaired) electrons. The van der Waals surface area contributed by atoms with E-state index in [0.717, 1.165) is 30.4 Å². The zero-order chi connectivity index (χ0) is 16.4. The molecule has 0 spiro atoms. The van der Waals surface area contributed by atoms with Gasteiger partial charge in [-0.05, 0) is 30.0 Å². The first-order chi connectivity index (χ1) is 10.5. The summed E-state index contributed by atoms with van der Waals surface area (Å²) in [6, 6.07) is 7.26. The monoisotopic (exact) mass is 432 g/mol. The van der Waals surface area contributed by atoms with Gasteiger partial charge in [0.1, 0.15) is 0 Å². The van der Waals surface area contributed by atoms with E-state index >= 15 is 0 Å². The molecule has 1 aromatic carbocycles. The highest BCUT2D eigenvalue weighted by molar-refractivity contribution is 14.0. The molecule has 1 aromatic rings. The largest absolute Gasteiger partial charge is 0.366 e. The molecule has 0 aliphatic carbocycles. The number of rotatable bonds is 8. The van der Waals surface area contributed by atoms with Crippen LogP contribution in [0.2, 0.25) is 0 Å². The van der Waals surface area contributed by atoms with Crippen LogP contribution in [0.3, 0.4) is 0 Å². The van der Waals surface area contributed by atoms with Gasteiger partial charge in [-0.25, -0.2) is 0 Å². The Balaban J connectivity index is 0.00000484. The van der Waals surface area contributed by atoms with Crippen molar-refractivity contribution in [1.29, 1.82) is 0 Å². The number of aliphatic imine (C=N–C) groups is 1. The summed E-state index contributed by atoms with van der Waals surface area (Å²) >= 11 is 0. The Hall–Kier alpha value is -1.31. The van der Waals surface area contributed by atoms with Crippen LogP contribution in [0.5, 0.6) is 0 Å². The van der Waals surface area contributed by atoms with Crippen molar-refractivity contribution in [2.45, 2.75) is 39.7 Å². The topological polar surface area (TPSA) is 79.5 Å². The van der Waals surface area contributed by atoms with E-state index in [0.29, 0.717) is 12.1 Å². The maximum Gasteiger partial charge on any atom is 0.248 e. The van der Waals surface area contributed by atoms with Gasteiger partial charge in [0.05, 0.1) is 0 Å². The van der Waals surface area contributed by atoms with E-state index in [9.17, 15) is 4.79 Å². The summed E-state index contributed by atoms with van der Waals surface area (Å²) in [5.74, 6) is 1.16. The number of carbonyl (C=O) groups is 1. The Labute approximate surface area is 156 Å². The molecule has 0 aromatic heterocycles. The minimum Gasteiger partial charge on any atom is -0.366 e. The number of hydrogen-bond donors (Lipinski definition) is 3. The fraction of sp³-hybridized carbons (Fsp3) is 0.529. The van der Waals surface area contributed by atoms with Gasteiger partial charge in [0.15, 0.2) is 5.96 Å². The molecule has 1 amide bonds. The van der Waals surface area contributed by atoms with Crippen LogP contribution in [-0.4, -0.2) is 25.5 Å². The molecule has 0 bridgehead atoms. The van der Waals surface area contributed by atoms with Crippen LogP contribution in [-0.2, 0) is 6.54 Å². The lowest BCUT2D eigenvalue weighted by molar-refractivity contribution is 0.100. The molecule has 4 N–H and O–H groups in total. The molecule has 6 heteroatoms. The molecule has 0 saturated carbocycles. The molecule has 0 heterocycles. The van der Waals surface area contributed by atoms with Crippen molar-refractivity contribution >= 4 is 35.8 Å². The Morgan fingerprint density at radius 2 is 1.83 bits per heavy atom. The molecule has 1 rings (SSSR count). The summed E-state index contributed by atoms with van der Waals surface area (Å²) in [6.07, 6.45) is 3.64. The van der Waals surface area contributed by atoms with Gasteiger partial charge >= 0.3 is 0 Å². The summed E-state index contributed by atoms with van der Waals surface area (Å²) in [4.78, 5) is 15.2. The lowest BCUT2D eigenvalue weighted by Gasteiger charge is -2.12. The molecule has 0 aliphatic heterocycles. The van der Waals surface area contributed by atoms with Crippen molar-refractivity contribution in [3.63, 3.8) is 0 Å². The highest BCUT2D eigenvalue weighted by atomic mass is 127. The van der Waals surface area contributed by atoms with E-state index in [1.165, 1.54) is 12.8 Å². The minimum absolute atomic E-state index is 0. The van der Waals surface area contributed by atoms with Gasteiger partial charge in [-0.2, -0.15) is 0 Å². The second-order valence-corrected chi connectivity index (χ2v) is 5.80. The van der Waals surface area contributed by atoms with Crippen molar-refractivity contribution in [1.82, 2.24) is 10.6 Å². The number of nitrogens with one attached hydrogen (secondary N) is 2. The van der Waals surface area contributed by atoms with Crippen molar-refractivity contribution in [3.05, 3.63) is 35.4 Å². The molecule has 0 atom stereocenters. The van der Waals surface area contributed by atoms with Crippen LogP contribution < -0.4 is 16.4 Å². The Morgan fingerprint density at radius 3 is 2.35 bits per heavy atom. The van der Waals surface area contributed by atoms with Gasteiger partial charge in [0.25, 0.3) is 0 Å². The first-order valence-corrected chi connectivity index (χ1v) is 7.86. The summed E-state index contributed by atoms with van der Waals surface area (Å²) < 4.78 is 0. The standard InChI is InChI=1S/C17H28N4O.HI/c1-13(2)6-4-5-11-20-17(19-3)21-12-14-7-9-15(10-8-14)16(18)22;/h7-10,13H,4-6,11-12H2,1-3H3,(H2,18,22)(H2,19,20,21);1H. The number of carbonyl (C=O) groups excluding carboxylic acids is 1. The fourth-order valence-electron chi connectivity index (χ4n) is 2.08. The highest BCUT2D eigenvalue weighted by Gasteiger charge is 2.01. The summed E-state index contributed by atoms with van der Waals surface area (Å²) in [5.41, 5.74) is 6.82. The maximum absolute atomic E-state index is 11.0. The van der Waals surface area contributed by atoms with Crippen molar-refractivity contribution < 1.29 is 4.79 Å². The molecule has 0 aliphatic rings. The molecule has 5 nitrogen and oxygen atoms in total. The first-order valence-electron chi connectivity index (χ1n) is 7.86. The lowest BCUT2D eigenvalue weighted by atomic mass is 10.1. The predicted molar refractivity (Wildman–Crippen MR) is 107 cm³/mol. The zero-order valence-corrected chi connectivity index (χ0v) is 16.6. The highest BCUT2D eigenvalue weighted by Crippen LogP contribution is 2.05. The van der Waals surface area contributed by atoms with Crippen LogP contribution in [0, 0.1) is 5.92 Å². The van der Waals surface area contributed by atoms with Gasteiger partial charge in [0, 0.05) is 25.7 Å². The Kier molecular flexibility index (Phi) is 11.5. The number of guanidine groups is 1. The molecule has 0 unspecified atom stereocenters. The van der Waals surface area contributed by atoms with E-state index in [1.807, 2.05) is 12.1 Å². The molecule has 0 saturated heterocycles. The number of halogens is 1. The van der Waals surface area contributed by atoms with E-state index < -0.39 is 5.91 Å². The van der Waals surface area contributed by atoms with Crippen LogP contribution in [0.15, 0.2) is 29.3 Å². The van der Waals surface area contributed by atoms with Crippen molar-refractivity contribution in [3.8, 4) is 0 Å². The lowest BCUT2D eigenvalue weighted by Crippen LogP contribution is -2.37. The van der Waals surface area contributed by atoms with Crippen LogP contribution in [0.4, 0.5) is 0 Å². The molecular formula is C17H29IN4O. The van der Waals surface area contributed by atoms with Crippen LogP contribution in [0.25, 0.3) is 0 Å². The third-order valence-corrected chi connectivity index (χ3v) is 3.42. The average Bonchev–Trinajstić information content (AvgIpc) is 2.50. The minimum atomic E-state index is -0.404. The Bertz CT molecular complexity index is 486. The third-order valence-electron chi connectivity index (χ3n) is 3.42. The predicted octanol–water partition coefficient (Wildman–Crippen LogP) is 2.89. The van der Waals surface area contributed by atoms with Gasteiger partial charge in [-0.15, -0.1) is 24.0 Å². The summed E-state index contributed by atoms with van der Waals surface area (Å²) in [6.45, 7) is 6.08. The van der Waals surface area contributed by atoms with Gasteiger partial charge in [-0.3, -0.25) is 9.79 Å². The van der Waals surface area contributed by atoms with Crippen molar-refractivity contribution in [2.24, 2.45) is 16.6 Å². The number of nitrogens with zero attached hydrogens (tertiary/aromatic N) is 1. The molecular weight excluding hydrogens is 403 g/mol. The van der Waals surface area contributed by atoms with Gasteiger partial charge in [0.2, 0.25) is 5.91 Å². The number of primary amides is 1. The van der Waals surface area contributed by atoms with Crippen molar-refractivity contribution in [2.75, 3.05) is 13.6 Å². The van der Waals surface area contributed by atoms with Gasteiger partial charge in [-0.1, -0.05) is 38.8 Å². The van der Waals surface area contributed by atoms with E-state index in [2.05, 4.69) is 29.5 Å². The number of hydrogen-bond acceptors (Lipinski definition) is 2. The van der Waals surface area contributed by atoms with Gasteiger partial charge < -0.3 is 16.4 Å². The SMILES string of the molecule is CN=C(NCCCCC(C)C)NCc1ccc(C(N)=O)cc1.I. The van der Waals surface area contributed by atoms with Crippen LogP contribution in [0.1, 0.15) is 49.0 Å². The average molecular weight is 432 g/mol. The molecule has 130 valence electrons. The number of amides is 1. The molecule has 0 fully saturated rings. The zero-order valence-electron chi connectivity index (χ0n) is 14.3. The number of benzene rings is 1. The molecule has 23 heavy (non-hydrogen) atoms. The second kappa shape index (κ2) is 12.2. The normalized spacial score (nSPS) is 11.0. The summed E-state index contributed by atoms with van der Waals surface area (Å²) in [7, 11) is 1.76. The van der Waals surface area contributed by atoms with E-state index in [1.54, 1.807) is 19.2 Å². The van der Waals surface area contributed by atoms with E-state index in [4.69, 9.17) is 5.73 Å². The fourth-order valence-corrected chi connectivity index (χ4v) is 2.08. The summed E-state index contributed by atoms with van der Waals surface area (Å²) in [5, 5.41) is 6.56. The number of nitrogens with two attached hydrogens (primary N) is 1. The smallest absolute Gasteiger partial charge is 0.248 e. The first kappa shape index (κ1) is 21.7. The second-order valence-electron chi connectivity index (χ2n) is 5.80. The van der Waals surface area contributed by atoms with E-state index in [-0.39, 0.29) is 24.0 Å². The van der Waals surface area contributed by atoms with Crippen LogP contribution >= 0.6 is 24.0 Å². The third kappa shape index (κ3) is 9.43. The quantitative estimate of drug-likeness (QED) is 0.256.